The van der Waals surface area contributed by atoms with E-state index < -0.39 is 39.3 Å². The normalized spacial score (nSPS) is 14.0. The van der Waals surface area contributed by atoms with Gasteiger partial charge in [-0.3, -0.25) is 9.35 Å². The average Bonchev–Trinajstić information content (AvgIpc) is 2.89. The minimum absolute atomic E-state index is 0.281. The highest BCUT2D eigenvalue weighted by Crippen LogP contribution is 2.11. The molecule has 1 heterocycles. The van der Waals surface area contributed by atoms with Crippen molar-refractivity contribution in [2.24, 2.45) is 0 Å². The molecule has 1 aromatic carbocycles. The standard InChI is InChI=1S/C12H8O3.C7H13NO4S/c13-11-8-10(12(14)15-11)7-6-9-4-2-1-3-5-9;1-4-6(9)8-7(2,3)5-13(10,11)12/h1-8H;4H,1,5H2,2-3H3,(H,8,9)(H,10,11,12). The molecule has 0 radical (unpaired) electrons. The van der Waals surface area contributed by atoms with Crippen molar-refractivity contribution in [1.82, 2.24) is 5.32 Å². The van der Waals surface area contributed by atoms with E-state index in [1.54, 1.807) is 12.2 Å². The maximum Gasteiger partial charge on any atom is 0.346 e. The summed E-state index contributed by atoms with van der Waals surface area (Å²) in [7, 11) is -4.08. The van der Waals surface area contributed by atoms with Crippen LogP contribution in [0.3, 0.4) is 0 Å². The first kappa shape index (κ1) is 23.0. The van der Waals surface area contributed by atoms with Gasteiger partial charge in [0, 0.05) is 6.08 Å². The molecule has 0 bridgehead atoms. The number of amides is 1. The van der Waals surface area contributed by atoms with Crippen LogP contribution in [0.5, 0.6) is 0 Å². The second kappa shape index (κ2) is 9.77. The topological polar surface area (TPSA) is 127 Å². The summed E-state index contributed by atoms with van der Waals surface area (Å²) in [5.41, 5.74) is 0.244. The predicted octanol–water partition coefficient (Wildman–Crippen LogP) is 1.66. The van der Waals surface area contributed by atoms with E-state index in [2.05, 4.69) is 16.6 Å². The van der Waals surface area contributed by atoms with Gasteiger partial charge in [-0.15, -0.1) is 0 Å². The van der Waals surface area contributed by atoms with E-state index in [1.165, 1.54) is 19.9 Å². The van der Waals surface area contributed by atoms with Crippen molar-refractivity contribution in [3.8, 4) is 0 Å². The van der Waals surface area contributed by atoms with Crippen LogP contribution in [-0.2, 0) is 29.2 Å². The minimum atomic E-state index is -4.08. The van der Waals surface area contributed by atoms with Crippen LogP contribution >= 0.6 is 0 Å². The molecule has 9 heteroatoms. The number of hydrogen-bond donors (Lipinski definition) is 2. The Balaban J connectivity index is 0.000000284. The van der Waals surface area contributed by atoms with E-state index in [0.717, 1.165) is 11.6 Å². The van der Waals surface area contributed by atoms with Crippen molar-refractivity contribution in [1.29, 1.82) is 0 Å². The second-order valence-corrected chi connectivity index (χ2v) is 7.81. The van der Waals surface area contributed by atoms with Crippen molar-refractivity contribution in [2.75, 3.05) is 5.75 Å². The zero-order valence-corrected chi connectivity index (χ0v) is 16.2. The lowest BCUT2D eigenvalue weighted by atomic mass is 10.1. The average molecular weight is 407 g/mol. The van der Waals surface area contributed by atoms with Crippen LogP contribution in [0.1, 0.15) is 19.4 Å². The van der Waals surface area contributed by atoms with E-state index in [0.29, 0.717) is 0 Å². The van der Waals surface area contributed by atoms with E-state index in [-0.39, 0.29) is 5.57 Å². The van der Waals surface area contributed by atoms with Crippen LogP contribution in [0.2, 0.25) is 0 Å². The first-order valence-corrected chi connectivity index (χ1v) is 9.63. The third kappa shape index (κ3) is 9.06. The van der Waals surface area contributed by atoms with Crippen LogP contribution in [0.25, 0.3) is 6.08 Å². The van der Waals surface area contributed by atoms with E-state index in [9.17, 15) is 22.8 Å². The molecule has 1 aliphatic rings. The van der Waals surface area contributed by atoms with Crippen molar-refractivity contribution >= 4 is 34.0 Å². The minimum Gasteiger partial charge on any atom is -0.386 e. The highest BCUT2D eigenvalue weighted by molar-refractivity contribution is 7.85. The lowest BCUT2D eigenvalue weighted by Crippen LogP contribution is -2.47. The number of benzene rings is 1. The summed E-state index contributed by atoms with van der Waals surface area (Å²) < 4.78 is 33.9. The van der Waals surface area contributed by atoms with Gasteiger partial charge in [-0.1, -0.05) is 43.0 Å². The Morgan fingerprint density at radius 2 is 1.82 bits per heavy atom. The first-order valence-electron chi connectivity index (χ1n) is 8.02. The van der Waals surface area contributed by atoms with Crippen molar-refractivity contribution in [3.63, 3.8) is 0 Å². The third-order valence-electron chi connectivity index (χ3n) is 3.15. The lowest BCUT2D eigenvalue weighted by Gasteiger charge is -2.23. The van der Waals surface area contributed by atoms with Crippen LogP contribution < -0.4 is 5.32 Å². The van der Waals surface area contributed by atoms with Gasteiger partial charge in [0.1, 0.15) is 0 Å². The molecule has 0 aliphatic carbocycles. The summed E-state index contributed by atoms with van der Waals surface area (Å²) in [5.74, 6) is -2.20. The summed E-state index contributed by atoms with van der Waals surface area (Å²) >= 11 is 0. The van der Waals surface area contributed by atoms with Gasteiger partial charge < -0.3 is 10.1 Å². The summed E-state index contributed by atoms with van der Waals surface area (Å²) in [6.07, 6.45) is 5.54. The van der Waals surface area contributed by atoms with Gasteiger partial charge in [0.25, 0.3) is 10.1 Å². The number of hydrogen-bond acceptors (Lipinski definition) is 6. The van der Waals surface area contributed by atoms with Crippen LogP contribution in [0, 0.1) is 0 Å². The Kier molecular flexibility index (Phi) is 8.02. The van der Waals surface area contributed by atoms with Gasteiger partial charge in [0.2, 0.25) is 5.91 Å². The number of carbonyl (C=O) groups is 3. The SMILES string of the molecule is C=CC(=O)NC(C)(C)CS(=O)(=O)O.O=C1C=C(C=Cc2ccccc2)C(=O)O1. The summed E-state index contributed by atoms with van der Waals surface area (Å²) in [6.45, 7) is 6.19. The number of rotatable bonds is 6. The Bertz CT molecular complexity index is 913. The van der Waals surface area contributed by atoms with Crippen LogP contribution in [0.15, 0.2) is 60.7 Å². The molecular weight excluding hydrogens is 386 g/mol. The maximum atomic E-state index is 11.0. The Morgan fingerprint density at radius 3 is 2.29 bits per heavy atom. The highest BCUT2D eigenvalue weighted by atomic mass is 32.2. The molecule has 2 rings (SSSR count). The molecule has 0 saturated heterocycles. The quantitative estimate of drug-likeness (QED) is 0.318. The summed E-state index contributed by atoms with van der Waals surface area (Å²) in [4.78, 5) is 32.6. The fourth-order valence-corrected chi connectivity index (χ4v) is 3.09. The van der Waals surface area contributed by atoms with E-state index in [1.807, 2.05) is 30.3 Å². The second-order valence-electron chi connectivity index (χ2n) is 6.36. The van der Waals surface area contributed by atoms with Crippen molar-refractivity contribution < 1.29 is 32.1 Å². The lowest BCUT2D eigenvalue weighted by molar-refractivity contribution is -0.150. The van der Waals surface area contributed by atoms with Gasteiger partial charge in [-0.25, -0.2) is 9.59 Å². The molecular formula is C19H21NO7S. The number of nitrogens with one attached hydrogen (secondary N) is 1. The zero-order valence-electron chi connectivity index (χ0n) is 15.4. The summed E-state index contributed by atoms with van der Waals surface area (Å²) in [6, 6.07) is 9.50. The van der Waals surface area contributed by atoms with Crippen LogP contribution in [0.4, 0.5) is 0 Å². The van der Waals surface area contributed by atoms with Crippen LogP contribution in [-0.4, -0.2) is 42.1 Å². The monoisotopic (exact) mass is 407 g/mol. The van der Waals surface area contributed by atoms with E-state index in [4.69, 9.17) is 4.55 Å². The maximum absolute atomic E-state index is 11.0. The highest BCUT2D eigenvalue weighted by Gasteiger charge is 2.25. The molecule has 0 fully saturated rings. The molecule has 1 aliphatic heterocycles. The first-order chi connectivity index (χ1) is 12.9. The van der Waals surface area contributed by atoms with Gasteiger partial charge in [-0.2, -0.15) is 8.42 Å². The Labute approximate surface area is 163 Å². The molecule has 0 saturated carbocycles. The van der Waals surface area contributed by atoms with Crippen molar-refractivity contribution in [2.45, 2.75) is 19.4 Å². The molecule has 1 aromatic rings. The molecule has 150 valence electrons. The number of esters is 2. The van der Waals surface area contributed by atoms with Gasteiger partial charge >= 0.3 is 11.9 Å². The molecule has 0 unspecified atom stereocenters. The zero-order chi connectivity index (χ0) is 21.4. The van der Waals surface area contributed by atoms with Crippen molar-refractivity contribution in [3.05, 3.63) is 66.3 Å². The summed E-state index contributed by atoms with van der Waals surface area (Å²) in [5, 5.41) is 2.37. The number of carbonyl (C=O) groups excluding carboxylic acids is 3. The van der Waals surface area contributed by atoms with Gasteiger partial charge in [0.05, 0.1) is 16.9 Å². The molecule has 1 amide bonds. The number of ether oxygens (including phenoxy) is 1. The van der Waals surface area contributed by atoms with E-state index >= 15 is 0 Å². The Hall–Kier alpha value is -3.04. The van der Waals surface area contributed by atoms with Gasteiger partial charge in [-0.05, 0) is 31.6 Å². The van der Waals surface area contributed by atoms with Gasteiger partial charge in [0.15, 0.2) is 0 Å². The fourth-order valence-electron chi connectivity index (χ4n) is 2.11. The molecule has 8 nitrogen and oxygen atoms in total. The largest absolute Gasteiger partial charge is 0.386 e. The molecule has 0 atom stereocenters. The Morgan fingerprint density at radius 1 is 1.21 bits per heavy atom. The predicted molar refractivity (Wildman–Crippen MR) is 103 cm³/mol. The molecule has 0 aromatic heterocycles. The third-order valence-corrected chi connectivity index (χ3v) is 4.23. The number of cyclic esters (lactones) is 2. The molecule has 28 heavy (non-hydrogen) atoms. The smallest absolute Gasteiger partial charge is 0.346 e. The molecule has 2 N–H and O–H groups in total. The fraction of sp³-hybridized carbons (Fsp3) is 0.211. The molecule has 0 spiro atoms.